The van der Waals surface area contributed by atoms with Crippen LogP contribution in [0.4, 0.5) is 0 Å². The highest BCUT2D eigenvalue weighted by molar-refractivity contribution is 5.86. The van der Waals surface area contributed by atoms with Crippen molar-refractivity contribution in [2.24, 2.45) is 0 Å². The number of aromatic hydroxyl groups is 1. The van der Waals surface area contributed by atoms with Crippen LogP contribution in [0.15, 0.2) is 77.1 Å². The summed E-state index contributed by atoms with van der Waals surface area (Å²) in [7, 11) is 0. The molecule has 0 amide bonds. The van der Waals surface area contributed by atoms with E-state index < -0.39 is 0 Å². The number of fused-ring (bicyclic) bond motifs is 1. The molecule has 27 heavy (non-hydrogen) atoms. The van der Waals surface area contributed by atoms with Crippen LogP contribution >= 0.6 is 12.4 Å². The zero-order valence-electron chi connectivity index (χ0n) is 15.2. The van der Waals surface area contributed by atoms with Crippen LogP contribution in [0, 0.1) is 0 Å². The summed E-state index contributed by atoms with van der Waals surface area (Å²) in [5, 5.41) is 14.0. The molecule has 1 heterocycles. The number of hydrogen-bond donors (Lipinski definition) is 2. The highest BCUT2D eigenvalue weighted by Crippen LogP contribution is 2.38. The molecule has 1 aliphatic carbocycles. The number of aryl methyl sites for hydroxylation is 1. The molecule has 0 aliphatic heterocycles. The minimum Gasteiger partial charge on any atom is -0.507 e. The third kappa shape index (κ3) is 4.26. The first kappa shape index (κ1) is 19.3. The van der Waals surface area contributed by atoms with E-state index in [-0.39, 0.29) is 12.4 Å². The Morgan fingerprint density at radius 2 is 1.67 bits per heavy atom. The van der Waals surface area contributed by atoms with Crippen molar-refractivity contribution >= 4 is 18.0 Å². The second-order valence-corrected chi connectivity index (χ2v) is 6.74. The molecule has 0 spiro atoms. The van der Waals surface area contributed by atoms with Crippen molar-refractivity contribution < 1.29 is 9.52 Å². The van der Waals surface area contributed by atoms with Gasteiger partial charge in [0, 0.05) is 24.2 Å². The largest absolute Gasteiger partial charge is 0.507 e. The Balaban J connectivity index is 0.00000210. The Morgan fingerprint density at radius 1 is 0.889 bits per heavy atom. The SMILES string of the molecule is Cl.Oc1ccccc1C1=C(CNCc2ccoc2)CCCc2ccccc21. The molecule has 0 atom stereocenters. The van der Waals surface area contributed by atoms with Crippen molar-refractivity contribution in [3.8, 4) is 5.75 Å². The summed E-state index contributed by atoms with van der Waals surface area (Å²) in [4.78, 5) is 0. The van der Waals surface area contributed by atoms with Crippen molar-refractivity contribution in [2.45, 2.75) is 25.8 Å². The van der Waals surface area contributed by atoms with Crippen LogP contribution < -0.4 is 5.32 Å². The number of benzene rings is 2. The Kier molecular flexibility index (Phi) is 6.38. The maximum atomic E-state index is 10.5. The summed E-state index contributed by atoms with van der Waals surface area (Å²) in [6.45, 7) is 1.57. The molecule has 0 saturated heterocycles. The van der Waals surface area contributed by atoms with Gasteiger partial charge in [-0.3, -0.25) is 0 Å². The van der Waals surface area contributed by atoms with Crippen molar-refractivity contribution in [1.82, 2.24) is 5.32 Å². The molecule has 0 radical (unpaired) electrons. The van der Waals surface area contributed by atoms with E-state index in [0.29, 0.717) is 5.75 Å². The number of phenols is 1. The van der Waals surface area contributed by atoms with Crippen molar-refractivity contribution in [1.29, 1.82) is 0 Å². The monoisotopic (exact) mass is 381 g/mol. The van der Waals surface area contributed by atoms with Gasteiger partial charge >= 0.3 is 0 Å². The topological polar surface area (TPSA) is 45.4 Å². The number of halogens is 1. The molecule has 0 bridgehead atoms. The third-order valence-electron chi connectivity index (χ3n) is 4.99. The average Bonchev–Trinajstić information content (AvgIpc) is 3.11. The molecule has 0 fully saturated rings. The quantitative estimate of drug-likeness (QED) is 0.627. The number of rotatable bonds is 5. The molecule has 0 unspecified atom stereocenters. The number of nitrogens with one attached hydrogen (secondary N) is 1. The standard InChI is InChI=1S/C23H23NO2.ClH/c25-22-11-4-3-10-21(22)23-19(15-24-14-17-12-13-26-16-17)8-5-7-18-6-1-2-9-20(18)23;/h1-4,6,9-13,16,24-25H,5,7-8,14-15H2;1H. The van der Waals surface area contributed by atoms with Crippen LogP contribution in [-0.4, -0.2) is 11.7 Å². The molecule has 3 aromatic rings. The molecule has 2 N–H and O–H groups in total. The lowest BCUT2D eigenvalue weighted by Gasteiger charge is -2.17. The van der Waals surface area contributed by atoms with E-state index >= 15 is 0 Å². The van der Waals surface area contributed by atoms with E-state index in [4.69, 9.17) is 4.42 Å². The van der Waals surface area contributed by atoms with E-state index in [1.165, 1.54) is 22.3 Å². The summed E-state index contributed by atoms with van der Waals surface area (Å²) in [5.41, 5.74) is 7.18. The molecule has 1 aromatic heterocycles. The summed E-state index contributed by atoms with van der Waals surface area (Å²) in [6.07, 6.45) is 6.69. The molecule has 140 valence electrons. The van der Waals surface area contributed by atoms with Gasteiger partial charge in [-0.05, 0) is 53.7 Å². The van der Waals surface area contributed by atoms with Gasteiger partial charge in [-0.2, -0.15) is 0 Å². The number of para-hydroxylation sites is 1. The van der Waals surface area contributed by atoms with Gasteiger partial charge in [0.15, 0.2) is 0 Å². The van der Waals surface area contributed by atoms with Crippen LogP contribution in [0.25, 0.3) is 5.57 Å². The van der Waals surface area contributed by atoms with E-state index in [0.717, 1.165) is 43.5 Å². The van der Waals surface area contributed by atoms with Crippen molar-refractivity contribution in [2.75, 3.05) is 6.54 Å². The predicted molar refractivity (Wildman–Crippen MR) is 111 cm³/mol. The smallest absolute Gasteiger partial charge is 0.123 e. The van der Waals surface area contributed by atoms with Crippen LogP contribution in [0.5, 0.6) is 5.75 Å². The molecule has 2 aromatic carbocycles. The third-order valence-corrected chi connectivity index (χ3v) is 4.99. The lowest BCUT2D eigenvalue weighted by atomic mass is 9.90. The number of phenolic OH excluding ortho intramolecular Hbond substituents is 1. The van der Waals surface area contributed by atoms with Crippen molar-refractivity contribution in [3.63, 3.8) is 0 Å². The van der Waals surface area contributed by atoms with Crippen LogP contribution in [0.1, 0.15) is 35.1 Å². The number of furan rings is 1. The molecule has 0 saturated carbocycles. The molecular weight excluding hydrogens is 358 g/mol. The molecular formula is C23H24ClNO2. The van der Waals surface area contributed by atoms with E-state index in [2.05, 4.69) is 29.6 Å². The van der Waals surface area contributed by atoms with Gasteiger partial charge in [0.05, 0.1) is 12.5 Å². The first-order chi connectivity index (χ1) is 12.8. The zero-order chi connectivity index (χ0) is 17.8. The minimum atomic E-state index is 0. The lowest BCUT2D eigenvalue weighted by molar-refractivity contribution is 0.473. The second-order valence-electron chi connectivity index (χ2n) is 6.74. The van der Waals surface area contributed by atoms with Gasteiger partial charge in [-0.1, -0.05) is 42.5 Å². The molecule has 1 aliphatic rings. The van der Waals surface area contributed by atoms with Gasteiger partial charge < -0.3 is 14.8 Å². The minimum absolute atomic E-state index is 0. The second kappa shape index (κ2) is 8.94. The normalized spacial score (nSPS) is 13.6. The van der Waals surface area contributed by atoms with E-state index in [1.54, 1.807) is 18.6 Å². The Morgan fingerprint density at radius 3 is 2.44 bits per heavy atom. The van der Waals surface area contributed by atoms with Crippen LogP contribution in [-0.2, 0) is 13.0 Å². The molecule has 4 heteroatoms. The van der Waals surface area contributed by atoms with Crippen LogP contribution in [0.2, 0.25) is 0 Å². The first-order valence-electron chi connectivity index (χ1n) is 9.13. The zero-order valence-corrected chi connectivity index (χ0v) is 16.0. The predicted octanol–water partition coefficient (Wildman–Crippen LogP) is 5.34. The molecule has 3 nitrogen and oxygen atoms in total. The van der Waals surface area contributed by atoms with E-state index in [1.807, 2.05) is 24.3 Å². The average molecular weight is 382 g/mol. The van der Waals surface area contributed by atoms with Gasteiger partial charge in [0.1, 0.15) is 5.75 Å². The van der Waals surface area contributed by atoms with Gasteiger partial charge in [-0.25, -0.2) is 0 Å². The lowest BCUT2D eigenvalue weighted by Crippen LogP contribution is -2.17. The maximum Gasteiger partial charge on any atom is 0.123 e. The fraction of sp³-hybridized carbons (Fsp3) is 0.217. The summed E-state index contributed by atoms with van der Waals surface area (Å²) in [6, 6.07) is 18.2. The Hall–Kier alpha value is -2.49. The molecule has 4 rings (SSSR count). The van der Waals surface area contributed by atoms with Gasteiger partial charge in [0.25, 0.3) is 0 Å². The first-order valence-corrected chi connectivity index (χ1v) is 9.13. The van der Waals surface area contributed by atoms with Crippen molar-refractivity contribution in [3.05, 3.63) is 95.0 Å². The van der Waals surface area contributed by atoms with Gasteiger partial charge in [-0.15, -0.1) is 12.4 Å². The Bertz CT molecular complexity index is 916. The fourth-order valence-electron chi connectivity index (χ4n) is 3.74. The summed E-state index contributed by atoms with van der Waals surface area (Å²) in [5.74, 6) is 0.339. The van der Waals surface area contributed by atoms with Gasteiger partial charge in [0.2, 0.25) is 0 Å². The maximum absolute atomic E-state index is 10.5. The number of hydrogen-bond acceptors (Lipinski definition) is 3. The summed E-state index contributed by atoms with van der Waals surface area (Å²) >= 11 is 0. The Labute approximate surface area is 166 Å². The highest BCUT2D eigenvalue weighted by Gasteiger charge is 2.20. The van der Waals surface area contributed by atoms with Crippen LogP contribution in [0.3, 0.4) is 0 Å². The fourth-order valence-corrected chi connectivity index (χ4v) is 3.74. The highest BCUT2D eigenvalue weighted by atomic mass is 35.5. The van der Waals surface area contributed by atoms with E-state index in [9.17, 15) is 5.11 Å². The summed E-state index contributed by atoms with van der Waals surface area (Å²) < 4.78 is 5.14.